The lowest BCUT2D eigenvalue weighted by molar-refractivity contribution is -0.385. The minimum absolute atomic E-state index is 0.0359. The predicted molar refractivity (Wildman–Crippen MR) is 98.2 cm³/mol. The Balaban J connectivity index is 2.06. The molecule has 0 bridgehead atoms. The number of nitro benzene ring substituents is 1. The van der Waals surface area contributed by atoms with Crippen LogP contribution in [0.1, 0.15) is 27.3 Å². The maximum absolute atomic E-state index is 12.8. The second-order valence-corrected chi connectivity index (χ2v) is 6.66. The van der Waals surface area contributed by atoms with Crippen molar-refractivity contribution in [3.05, 3.63) is 67.6 Å². The average Bonchev–Trinajstić information content (AvgIpc) is 2.85. The van der Waals surface area contributed by atoms with E-state index in [-0.39, 0.29) is 11.6 Å². The van der Waals surface area contributed by atoms with E-state index in [2.05, 4.69) is 26.2 Å². The van der Waals surface area contributed by atoms with E-state index in [1.807, 2.05) is 13.0 Å². The summed E-state index contributed by atoms with van der Waals surface area (Å²) >= 11 is 3.42. The molecule has 0 unspecified atom stereocenters. The molecule has 0 saturated carbocycles. The van der Waals surface area contributed by atoms with Gasteiger partial charge < -0.3 is 5.32 Å². The molecule has 1 amide bonds. The summed E-state index contributed by atoms with van der Waals surface area (Å²) in [5.41, 5.74) is 3.38. The van der Waals surface area contributed by atoms with Gasteiger partial charge in [-0.1, -0.05) is 6.07 Å². The molecule has 0 fully saturated rings. The van der Waals surface area contributed by atoms with Crippen LogP contribution < -0.4 is 5.32 Å². The molecule has 0 radical (unpaired) electrons. The van der Waals surface area contributed by atoms with Crippen molar-refractivity contribution in [2.75, 3.05) is 5.32 Å². The van der Waals surface area contributed by atoms with Crippen molar-refractivity contribution in [2.24, 2.45) is 0 Å². The normalized spacial score (nSPS) is 10.9. The van der Waals surface area contributed by atoms with Crippen LogP contribution in [0.15, 0.2) is 34.9 Å². The number of rotatable bonds is 3. The molecule has 3 aromatic rings. The van der Waals surface area contributed by atoms with Gasteiger partial charge in [-0.15, -0.1) is 0 Å². The minimum atomic E-state index is -0.467. The summed E-state index contributed by atoms with van der Waals surface area (Å²) < 4.78 is 2.55. The van der Waals surface area contributed by atoms with Gasteiger partial charge in [-0.25, -0.2) is 4.98 Å². The molecular weight excluding hydrogens is 388 g/mol. The molecule has 3 rings (SSSR count). The van der Waals surface area contributed by atoms with Crippen LogP contribution in [-0.2, 0) is 0 Å². The smallest absolute Gasteiger partial charge is 0.274 e. The van der Waals surface area contributed by atoms with Crippen molar-refractivity contribution in [1.29, 1.82) is 0 Å². The molecule has 0 aliphatic carbocycles. The number of carbonyl (C=O) groups is 1. The molecule has 1 N–H and O–H groups in total. The van der Waals surface area contributed by atoms with Gasteiger partial charge in [0.1, 0.15) is 11.3 Å². The summed E-state index contributed by atoms with van der Waals surface area (Å²) in [5, 5.41) is 13.8. The highest BCUT2D eigenvalue weighted by Crippen LogP contribution is 2.26. The minimum Gasteiger partial charge on any atom is -0.320 e. The Labute approximate surface area is 152 Å². The average molecular weight is 403 g/mol. The Morgan fingerprint density at radius 1 is 1.32 bits per heavy atom. The SMILES string of the molecule is Cc1nc2c(C)cc(Br)cn2c1C(=O)Nc1cccc([N+](=O)[O-])c1C. The monoisotopic (exact) mass is 402 g/mol. The van der Waals surface area contributed by atoms with Gasteiger partial charge in [-0.05, 0) is 54.4 Å². The summed E-state index contributed by atoms with van der Waals surface area (Å²) in [6, 6.07) is 6.52. The van der Waals surface area contributed by atoms with Gasteiger partial charge in [-0.2, -0.15) is 0 Å². The third kappa shape index (κ3) is 3.00. The first-order valence-electron chi connectivity index (χ1n) is 7.49. The topological polar surface area (TPSA) is 89.5 Å². The number of amides is 1. The fourth-order valence-electron chi connectivity index (χ4n) is 2.79. The van der Waals surface area contributed by atoms with Crippen molar-refractivity contribution in [3.63, 3.8) is 0 Å². The fraction of sp³-hybridized carbons (Fsp3) is 0.176. The first-order valence-corrected chi connectivity index (χ1v) is 8.29. The molecule has 0 saturated heterocycles. The number of imidazole rings is 1. The lowest BCUT2D eigenvalue weighted by Gasteiger charge is -2.09. The fourth-order valence-corrected chi connectivity index (χ4v) is 3.34. The van der Waals surface area contributed by atoms with Crippen molar-refractivity contribution < 1.29 is 9.72 Å². The van der Waals surface area contributed by atoms with Gasteiger partial charge in [0.05, 0.1) is 21.9 Å². The third-order valence-corrected chi connectivity index (χ3v) is 4.44. The Hall–Kier alpha value is -2.74. The molecule has 25 heavy (non-hydrogen) atoms. The standard InChI is InChI=1S/C17H15BrN4O3/c1-9-7-12(18)8-21-15(11(3)19-16(9)21)17(23)20-13-5-4-6-14(10(13)2)22(24)25/h4-8H,1-3H3,(H,20,23). The van der Waals surface area contributed by atoms with Gasteiger partial charge in [-0.3, -0.25) is 19.3 Å². The Kier molecular flexibility index (Phi) is 4.30. The summed E-state index contributed by atoms with van der Waals surface area (Å²) in [4.78, 5) is 27.9. The van der Waals surface area contributed by atoms with Gasteiger partial charge in [0.2, 0.25) is 0 Å². The van der Waals surface area contributed by atoms with E-state index in [1.165, 1.54) is 6.07 Å². The first-order chi connectivity index (χ1) is 11.8. The molecule has 128 valence electrons. The van der Waals surface area contributed by atoms with E-state index in [0.717, 1.165) is 10.0 Å². The Morgan fingerprint density at radius 2 is 2.04 bits per heavy atom. The number of nitrogens with zero attached hydrogens (tertiary/aromatic N) is 3. The van der Waals surface area contributed by atoms with Gasteiger partial charge >= 0.3 is 0 Å². The number of pyridine rings is 1. The number of halogens is 1. The van der Waals surface area contributed by atoms with Crippen LogP contribution in [0, 0.1) is 30.9 Å². The van der Waals surface area contributed by atoms with Gasteiger partial charge in [0.15, 0.2) is 0 Å². The predicted octanol–water partition coefficient (Wildman–Crippen LogP) is 4.18. The lowest BCUT2D eigenvalue weighted by atomic mass is 10.1. The zero-order chi connectivity index (χ0) is 18.3. The molecule has 8 heteroatoms. The second kappa shape index (κ2) is 6.29. The Bertz CT molecular complexity index is 1030. The van der Waals surface area contributed by atoms with E-state index in [9.17, 15) is 14.9 Å². The van der Waals surface area contributed by atoms with E-state index in [4.69, 9.17) is 0 Å². The van der Waals surface area contributed by atoms with Crippen LogP contribution in [0.2, 0.25) is 0 Å². The van der Waals surface area contributed by atoms with E-state index < -0.39 is 4.92 Å². The summed E-state index contributed by atoms with van der Waals surface area (Å²) in [6.07, 6.45) is 1.78. The van der Waals surface area contributed by atoms with Crippen LogP contribution in [0.3, 0.4) is 0 Å². The lowest BCUT2D eigenvalue weighted by Crippen LogP contribution is -2.16. The molecular formula is C17H15BrN4O3. The van der Waals surface area contributed by atoms with E-state index >= 15 is 0 Å². The molecule has 0 aliphatic rings. The number of fused-ring (bicyclic) bond motifs is 1. The van der Waals surface area contributed by atoms with Crippen molar-refractivity contribution in [2.45, 2.75) is 20.8 Å². The molecule has 1 aromatic carbocycles. The number of nitro groups is 1. The summed E-state index contributed by atoms with van der Waals surface area (Å²) in [5.74, 6) is -0.369. The van der Waals surface area contributed by atoms with Crippen molar-refractivity contribution in [1.82, 2.24) is 9.38 Å². The van der Waals surface area contributed by atoms with Crippen LogP contribution in [0.5, 0.6) is 0 Å². The number of anilines is 1. The first kappa shape index (κ1) is 17.1. The highest BCUT2D eigenvalue weighted by atomic mass is 79.9. The van der Waals surface area contributed by atoms with E-state index in [1.54, 1.807) is 36.6 Å². The van der Waals surface area contributed by atoms with Crippen LogP contribution >= 0.6 is 15.9 Å². The van der Waals surface area contributed by atoms with Crippen molar-refractivity contribution >= 4 is 38.9 Å². The third-order valence-electron chi connectivity index (χ3n) is 4.01. The number of nitrogens with one attached hydrogen (secondary N) is 1. The number of aromatic nitrogens is 2. The zero-order valence-electron chi connectivity index (χ0n) is 13.8. The zero-order valence-corrected chi connectivity index (χ0v) is 15.4. The van der Waals surface area contributed by atoms with Crippen molar-refractivity contribution in [3.8, 4) is 0 Å². The molecule has 0 atom stereocenters. The van der Waals surface area contributed by atoms with Crippen LogP contribution in [-0.4, -0.2) is 20.2 Å². The largest absolute Gasteiger partial charge is 0.320 e. The summed E-state index contributed by atoms with van der Waals surface area (Å²) in [7, 11) is 0. The molecule has 0 aliphatic heterocycles. The molecule has 2 aromatic heterocycles. The van der Waals surface area contributed by atoms with Crippen LogP contribution in [0.4, 0.5) is 11.4 Å². The second-order valence-electron chi connectivity index (χ2n) is 5.74. The van der Waals surface area contributed by atoms with Crippen LogP contribution in [0.25, 0.3) is 5.65 Å². The molecule has 0 spiro atoms. The molecule has 2 heterocycles. The maximum Gasteiger partial charge on any atom is 0.274 e. The van der Waals surface area contributed by atoms with Gasteiger partial charge in [0, 0.05) is 16.7 Å². The maximum atomic E-state index is 12.8. The quantitative estimate of drug-likeness (QED) is 0.525. The Morgan fingerprint density at radius 3 is 2.72 bits per heavy atom. The number of aryl methyl sites for hydroxylation is 2. The number of carbonyl (C=O) groups excluding carboxylic acids is 1. The van der Waals surface area contributed by atoms with E-state index in [0.29, 0.717) is 28.3 Å². The highest BCUT2D eigenvalue weighted by Gasteiger charge is 2.20. The number of hydrogen-bond donors (Lipinski definition) is 1. The van der Waals surface area contributed by atoms with Gasteiger partial charge in [0.25, 0.3) is 11.6 Å². The molecule has 7 nitrogen and oxygen atoms in total. The highest BCUT2D eigenvalue weighted by molar-refractivity contribution is 9.10. The summed E-state index contributed by atoms with van der Waals surface area (Å²) in [6.45, 7) is 5.28. The number of benzene rings is 1. The number of hydrogen-bond acceptors (Lipinski definition) is 4.